The molecule has 0 saturated carbocycles. The molecular formula is C13H14ClF3N2O4. The summed E-state index contributed by atoms with van der Waals surface area (Å²) in [5.41, 5.74) is -2.01. The summed E-state index contributed by atoms with van der Waals surface area (Å²) in [6.07, 6.45) is -5.02. The summed E-state index contributed by atoms with van der Waals surface area (Å²) < 4.78 is 44.0. The van der Waals surface area contributed by atoms with Crippen molar-refractivity contribution in [1.29, 1.82) is 0 Å². The number of β-amino-alcohol motifs (C(OH)–C–C–N with tert-alkyl or cyclic N) is 1. The summed E-state index contributed by atoms with van der Waals surface area (Å²) in [7, 11) is 0. The maximum atomic E-state index is 12.8. The second-order valence-corrected chi connectivity index (χ2v) is 5.48. The molecule has 1 saturated heterocycles. The van der Waals surface area contributed by atoms with Crippen LogP contribution in [0, 0.1) is 0 Å². The predicted molar refractivity (Wildman–Crippen MR) is 74.1 cm³/mol. The highest BCUT2D eigenvalue weighted by Crippen LogP contribution is 2.29. The number of alkyl halides is 3. The summed E-state index contributed by atoms with van der Waals surface area (Å²) in [5, 5.41) is 8.95. The molecule has 0 bridgehead atoms. The van der Waals surface area contributed by atoms with Gasteiger partial charge in [0, 0.05) is 19.3 Å². The van der Waals surface area contributed by atoms with E-state index in [2.05, 4.69) is 0 Å². The lowest BCUT2D eigenvalue weighted by Gasteiger charge is -2.22. The lowest BCUT2D eigenvalue weighted by molar-refractivity contribution is -0.139. The van der Waals surface area contributed by atoms with Crippen molar-refractivity contribution in [1.82, 2.24) is 9.47 Å². The minimum absolute atomic E-state index is 0.0136. The molecule has 10 heteroatoms. The van der Waals surface area contributed by atoms with Gasteiger partial charge in [-0.1, -0.05) is 11.6 Å². The van der Waals surface area contributed by atoms with Crippen molar-refractivity contribution in [2.24, 2.45) is 0 Å². The van der Waals surface area contributed by atoms with Crippen LogP contribution in [-0.2, 0) is 22.3 Å². The van der Waals surface area contributed by atoms with Crippen molar-refractivity contribution < 1.29 is 27.8 Å². The molecule has 0 aliphatic carbocycles. The fourth-order valence-corrected chi connectivity index (χ4v) is 2.36. The fraction of sp³-hybridized carbons (Fsp3) is 0.538. The molecule has 1 amide bonds. The van der Waals surface area contributed by atoms with E-state index >= 15 is 0 Å². The van der Waals surface area contributed by atoms with E-state index in [9.17, 15) is 27.9 Å². The largest absolute Gasteiger partial charge is 0.417 e. The van der Waals surface area contributed by atoms with E-state index in [-0.39, 0.29) is 26.3 Å². The maximum absolute atomic E-state index is 12.8. The van der Waals surface area contributed by atoms with Crippen molar-refractivity contribution >= 4 is 17.5 Å². The topological polar surface area (TPSA) is 71.8 Å². The molecule has 2 rings (SSSR count). The average Bonchev–Trinajstić information content (AvgIpc) is 2.67. The minimum Gasteiger partial charge on any atom is -0.389 e. The molecule has 2 heterocycles. The first kappa shape index (κ1) is 17.8. The Morgan fingerprint density at radius 1 is 1.48 bits per heavy atom. The van der Waals surface area contributed by atoms with Crippen LogP contribution in [0.3, 0.4) is 0 Å². The number of carbonyl (C=O) groups excluding carboxylic acids is 1. The van der Waals surface area contributed by atoms with Gasteiger partial charge in [0.25, 0.3) is 5.56 Å². The number of aliphatic hydroxyl groups excluding tert-OH is 1. The van der Waals surface area contributed by atoms with Crippen LogP contribution in [0.2, 0.25) is 5.02 Å². The first-order valence-corrected chi connectivity index (χ1v) is 7.07. The molecule has 23 heavy (non-hydrogen) atoms. The second-order valence-electron chi connectivity index (χ2n) is 5.08. The zero-order valence-electron chi connectivity index (χ0n) is 11.8. The van der Waals surface area contributed by atoms with Crippen LogP contribution < -0.4 is 5.56 Å². The van der Waals surface area contributed by atoms with Gasteiger partial charge in [-0.2, -0.15) is 13.2 Å². The van der Waals surface area contributed by atoms with Crippen molar-refractivity contribution in [3.63, 3.8) is 0 Å². The van der Waals surface area contributed by atoms with E-state index in [0.717, 1.165) is 0 Å². The number of aliphatic hydroxyl groups is 1. The van der Waals surface area contributed by atoms with Gasteiger partial charge in [0.05, 0.1) is 24.9 Å². The molecule has 128 valence electrons. The van der Waals surface area contributed by atoms with E-state index in [0.29, 0.717) is 16.8 Å². The Kier molecular flexibility index (Phi) is 5.33. The standard InChI is InChI=1S/C13H14ClF3N2O4/c14-10-3-8(13(15,16)17)4-19(12(10)22)6-11(21)18-1-2-23-7-9(20)5-18/h3-4,9,20H,1-2,5-7H2. The Hall–Kier alpha value is -1.58. The molecular weight excluding hydrogens is 341 g/mol. The molecule has 6 nitrogen and oxygen atoms in total. The lowest BCUT2D eigenvalue weighted by atomic mass is 10.2. The molecule has 1 aliphatic heterocycles. The quantitative estimate of drug-likeness (QED) is 0.850. The van der Waals surface area contributed by atoms with E-state index in [4.69, 9.17) is 16.3 Å². The summed E-state index contributed by atoms with van der Waals surface area (Å²) in [4.78, 5) is 25.2. The number of rotatable bonds is 2. The van der Waals surface area contributed by atoms with Gasteiger partial charge in [-0.15, -0.1) is 0 Å². The van der Waals surface area contributed by atoms with Gasteiger partial charge >= 0.3 is 6.18 Å². The monoisotopic (exact) mass is 354 g/mol. The number of amides is 1. The zero-order chi connectivity index (χ0) is 17.2. The molecule has 1 aromatic heterocycles. The smallest absolute Gasteiger partial charge is 0.389 e. The van der Waals surface area contributed by atoms with Crippen LogP contribution in [0.25, 0.3) is 0 Å². The Balaban J connectivity index is 2.23. The Bertz CT molecular complexity index is 647. The molecule has 0 aromatic carbocycles. The summed E-state index contributed by atoms with van der Waals surface area (Å²) in [6, 6.07) is 0.522. The maximum Gasteiger partial charge on any atom is 0.417 e. The third-order valence-electron chi connectivity index (χ3n) is 3.27. The van der Waals surface area contributed by atoms with Crippen LogP contribution in [0.15, 0.2) is 17.1 Å². The number of halogens is 4. The van der Waals surface area contributed by atoms with Gasteiger partial charge in [-0.05, 0) is 6.07 Å². The van der Waals surface area contributed by atoms with Crippen molar-refractivity contribution in [3.05, 3.63) is 33.2 Å². The Morgan fingerprint density at radius 3 is 2.83 bits per heavy atom. The van der Waals surface area contributed by atoms with E-state index in [1.54, 1.807) is 0 Å². The minimum atomic E-state index is -4.69. The first-order valence-electron chi connectivity index (χ1n) is 6.69. The summed E-state index contributed by atoms with van der Waals surface area (Å²) >= 11 is 5.53. The molecule has 1 aliphatic rings. The first-order chi connectivity index (χ1) is 10.7. The molecule has 1 atom stereocenters. The van der Waals surface area contributed by atoms with Crippen molar-refractivity contribution in [2.45, 2.75) is 18.8 Å². The van der Waals surface area contributed by atoms with Crippen molar-refractivity contribution in [3.8, 4) is 0 Å². The zero-order valence-corrected chi connectivity index (χ0v) is 12.6. The van der Waals surface area contributed by atoms with Gasteiger partial charge in [-0.25, -0.2) is 0 Å². The van der Waals surface area contributed by atoms with Gasteiger partial charge in [0.15, 0.2) is 0 Å². The number of nitrogens with zero attached hydrogens (tertiary/aromatic N) is 2. The van der Waals surface area contributed by atoms with Crippen molar-refractivity contribution in [2.75, 3.05) is 26.3 Å². The number of aromatic nitrogens is 1. The Labute approximate surface area is 134 Å². The molecule has 1 N–H and O–H groups in total. The highest BCUT2D eigenvalue weighted by Gasteiger charge is 2.32. The number of carbonyl (C=O) groups is 1. The SMILES string of the molecule is O=C(Cn1cc(C(F)(F)F)cc(Cl)c1=O)N1CCOCC(O)C1. The second kappa shape index (κ2) is 6.90. The lowest BCUT2D eigenvalue weighted by Crippen LogP contribution is -2.41. The highest BCUT2D eigenvalue weighted by atomic mass is 35.5. The van der Waals surface area contributed by atoms with E-state index < -0.39 is 40.9 Å². The van der Waals surface area contributed by atoms with Crippen LogP contribution in [0.5, 0.6) is 0 Å². The predicted octanol–water partition coefficient (Wildman–Crippen LogP) is 0.740. The number of ether oxygens (including phenoxy) is 1. The highest BCUT2D eigenvalue weighted by molar-refractivity contribution is 6.30. The number of pyridine rings is 1. The van der Waals surface area contributed by atoms with Gasteiger partial charge in [0.1, 0.15) is 11.6 Å². The number of hydrogen-bond acceptors (Lipinski definition) is 4. The van der Waals surface area contributed by atoms with Crippen LogP contribution in [0.1, 0.15) is 5.56 Å². The third kappa shape index (κ3) is 4.46. The normalized spacial score (nSPS) is 19.5. The summed E-state index contributed by atoms with van der Waals surface area (Å²) in [6.45, 7) is -0.174. The molecule has 0 radical (unpaired) electrons. The average molecular weight is 355 g/mol. The van der Waals surface area contributed by atoms with E-state index in [1.807, 2.05) is 0 Å². The molecule has 1 unspecified atom stereocenters. The number of hydrogen-bond donors (Lipinski definition) is 1. The Morgan fingerprint density at radius 2 is 2.17 bits per heavy atom. The fourth-order valence-electron chi connectivity index (χ4n) is 2.14. The van der Waals surface area contributed by atoms with Crippen LogP contribution in [0.4, 0.5) is 13.2 Å². The third-order valence-corrected chi connectivity index (χ3v) is 3.55. The van der Waals surface area contributed by atoms with Gasteiger partial charge in [0.2, 0.25) is 5.91 Å². The van der Waals surface area contributed by atoms with Crippen LogP contribution in [-0.4, -0.2) is 52.9 Å². The molecule has 1 fully saturated rings. The molecule has 1 aromatic rings. The van der Waals surface area contributed by atoms with Gasteiger partial charge < -0.3 is 19.3 Å². The van der Waals surface area contributed by atoms with E-state index in [1.165, 1.54) is 4.90 Å². The van der Waals surface area contributed by atoms with Crippen LogP contribution >= 0.6 is 11.6 Å². The van der Waals surface area contributed by atoms with Gasteiger partial charge in [-0.3, -0.25) is 9.59 Å². The summed E-state index contributed by atoms with van der Waals surface area (Å²) in [5.74, 6) is -0.605. The molecule has 0 spiro atoms.